The molecule has 1 fully saturated rings. The maximum Gasteiger partial charge on any atom is 0.229 e. The molecule has 2 heterocycles. The zero-order valence-electron chi connectivity index (χ0n) is 12.4. The number of rotatable bonds is 4. The molecule has 0 spiro atoms. The smallest absolute Gasteiger partial charge is 0.229 e. The molecule has 0 bridgehead atoms. The zero-order chi connectivity index (χ0) is 14.7. The maximum atomic E-state index is 12.2. The Hall–Kier alpha value is -1.37. The number of benzene rings is 1. The van der Waals surface area contributed by atoms with Gasteiger partial charge in [-0.15, -0.1) is 12.4 Å². The van der Waals surface area contributed by atoms with Crippen molar-refractivity contribution >= 4 is 45.0 Å². The summed E-state index contributed by atoms with van der Waals surface area (Å²) in [5, 5.41) is 6.89. The molecule has 2 N–H and O–H groups in total. The molecule has 1 aromatic carbocycles. The number of anilines is 1. The standard InChI is InChI=1S/C15H19N3O2S.ClH/c1-2-20-11-3-4-12-13(9-11)21-15(17-12)18-14(19)10-5-7-16-8-6-10;/h3-4,9-10,16H,2,5-8H2,1H3,(H,17,18,19);1H. The number of nitrogens with one attached hydrogen (secondary N) is 2. The summed E-state index contributed by atoms with van der Waals surface area (Å²) < 4.78 is 6.51. The molecule has 0 atom stereocenters. The molecule has 1 saturated heterocycles. The van der Waals surface area contributed by atoms with Crippen molar-refractivity contribution in [1.29, 1.82) is 0 Å². The second-order valence-electron chi connectivity index (χ2n) is 5.10. The molecule has 1 aliphatic heterocycles. The molecule has 0 aliphatic carbocycles. The van der Waals surface area contributed by atoms with Crippen molar-refractivity contribution in [2.24, 2.45) is 5.92 Å². The van der Waals surface area contributed by atoms with Gasteiger partial charge in [-0.3, -0.25) is 4.79 Å². The van der Waals surface area contributed by atoms with Crippen LogP contribution in [0.3, 0.4) is 0 Å². The van der Waals surface area contributed by atoms with Crippen LogP contribution in [-0.4, -0.2) is 30.6 Å². The Balaban J connectivity index is 0.00000176. The second-order valence-corrected chi connectivity index (χ2v) is 6.13. The number of carbonyl (C=O) groups is 1. The van der Waals surface area contributed by atoms with Crippen LogP contribution in [-0.2, 0) is 4.79 Å². The van der Waals surface area contributed by atoms with E-state index in [2.05, 4.69) is 15.6 Å². The van der Waals surface area contributed by atoms with Crippen molar-refractivity contribution < 1.29 is 9.53 Å². The van der Waals surface area contributed by atoms with Crippen molar-refractivity contribution in [3.05, 3.63) is 18.2 Å². The first-order valence-electron chi connectivity index (χ1n) is 7.31. The molecule has 7 heteroatoms. The lowest BCUT2D eigenvalue weighted by molar-refractivity contribution is -0.120. The Labute approximate surface area is 139 Å². The van der Waals surface area contributed by atoms with Gasteiger partial charge in [0.15, 0.2) is 5.13 Å². The molecule has 1 aromatic heterocycles. The summed E-state index contributed by atoms with van der Waals surface area (Å²) in [7, 11) is 0. The van der Waals surface area contributed by atoms with E-state index in [1.54, 1.807) is 0 Å². The summed E-state index contributed by atoms with van der Waals surface area (Å²) in [6.07, 6.45) is 1.79. The fourth-order valence-corrected chi connectivity index (χ4v) is 3.40. The van der Waals surface area contributed by atoms with Crippen LogP contribution in [0.15, 0.2) is 18.2 Å². The summed E-state index contributed by atoms with van der Waals surface area (Å²) in [5.74, 6) is 1.02. The fraction of sp³-hybridized carbons (Fsp3) is 0.467. The van der Waals surface area contributed by atoms with Gasteiger partial charge in [-0.2, -0.15) is 0 Å². The first kappa shape index (κ1) is 17.0. The van der Waals surface area contributed by atoms with Crippen LogP contribution in [0.5, 0.6) is 5.75 Å². The van der Waals surface area contributed by atoms with Crippen LogP contribution >= 0.6 is 23.7 Å². The minimum Gasteiger partial charge on any atom is -0.494 e. The Morgan fingerprint density at radius 1 is 1.45 bits per heavy atom. The summed E-state index contributed by atoms with van der Waals surface area (Å²) in [6.45, 7) is 4.43. The number of ether oxygens (including phenoxy) is 1. The predicted octanol–water partition coefficient (Wildman–Crippen LogP) is 3.05. The van der Waals surface area contributed by atoms with Crippen LogP contribution in [0.25, 0.3) is 10.2 Å². The number of carbonyl (C=O) groups excluding carboxylic acids is 1. The summed E-state index contributed by atoms with van der Waals surface area (Å²) in [5.41, 5.74) is 0.893. The van der Waals surface area contributed by atoms with Crippen LogP contribution in [0.2, 0.25) is 0 Å². The average molecular weight is 342 g/mol. The number of piperidine rings is 1. The van der Waals surface area contributed by atoms with E-state index < -0.39 is 0 Å². The zero-order valence-corrected chi connectivity index (χ0v) is 14.1. The van der Waals surface area contributed by atoms with E-state index >= 15 is 0 Å². The highest BCUT2D eigenvalue weighted by Crippen LogP contribution is 2.29. The molecule has 0 radical (unpaired) electrons. The molecular formula is C15H20ClN3O2S. The average Bonchev–Trinajstić information content (AvgIpc) is 2.90. The van der Waals surface area contributed by atoms with Gasteiger partial charge >= 0.3 is 0 Å². The van der Waals surface area contributed by atoms with Gasteiger partial charge in [0.05, 0.1) is 16.8 Å². The second kappa shape index (κ2) is 7.76. The Morgan fingerprint density at radius 2 is 2.23 bits per heavy atom. The lowest BCUT2D eigenvalue weighted by atomic mass is 9.97. The molecule has 3 rings (SSSR count). The van der Waals surface area contributed by atoms with Crippen LogP contribution in [0.4, 0.5) is 5.13 Å². The number of thiazole rings is 1. The minimum atomic E-state index is 0. The van der Waals surface area contributed by atoms with E-state index in [4.69, 9.17) is 4.74 Å². The van der Waals surface area contributed by atoms with Gasteiger partial charge in [-0.25, -0.2) is 4.98 Å². The minimum absolute atomic E-state index is 0. The molecule has 1 aliphatic rings. The third-order valence-electron chi connectivity index (χ3n) is 3.61. The van der Waals surface area contributed by atoms with Gasteiger partial charge < -0.3 is 15.4 Å². The van der Waals surface area contributed by atoms with Crippen LogP contribution in [0, 0.1) is 5.92 Å². The van der Waals surface area contributed by atoms with Crippen molar-refractivity contribution in [3.63, 3.8) is 0 Å². The van der Waals surface area contributed by atoms with Crippen molar-refractivity contribution in [3.8, 4) is 5.75 Å². The first-order chi connectivity index (χ1) is 10.3. The third-order valence-corrected chi connectivity index (χ3v) is 4.54. The molecule has 0 saturated carbocycles. The van der Waals surface area contributed by atoms with Crippen LogP contribution < -0.4 is 15.4 Å². The number of halogens is 1. The number of nitrogens with zero attached hydrogens (tertiary/aromatic N) is 1. The van der Waals surface area contributed by atoms with E-state index in [0.717, 1.165) is 41.9 Å². The van der Waals surface area contributed by atoms with E-state index in [-0.39, 0.29) is 24.2 Å². The molecular weight excluding hydrogens is 322 g/mol. The topological polar surface area (TPSA) is 63.2 Å². The highest BCUT2D eigenvalue weighted by molar-refractivity contribution is 7.22. The summed E-state index contributed by atoms with van der Waals surface area (Å²) >= 11 is 1.49. The molecule has 1 amide bonds. The largest absolute Gasteiger partial charge is 0.494 e. The number of aromatic nitrogens is 1. The van der Waals surface area contributed by atoms with Crippen molar-refractivity contribution in [1.82, 2.24) is 10.3 Å². The summed E-state index contributed by atoms with van der Waals surface area (Å²) in [6, 6.07) is 5.80. The maximum absolute atomic E-state index is 12.2. The number of fused-ring (bicyclic) bond motifs is 1. The van der Waals surface area contributed by atoms with E-state index in [0.29, 0.717) is 11.7 Å². The van der Waals surface area contributed by atoms with Crippen molar-refractivity contribution in [2.75, 3.05) is 25.0 Å². The SMILES string of the molecule is CCOc1ccc2nc(NC(=O)C3CCNCC3)sc2c1.Cl. The summed E-state index contributed by atoms with van der Waals surface area (Å²) in [4.78, 5) is 16.7. The quantitative estimate of drug-likeness (QED) is 0.897. The number of amides is 1. The molecule has 0 unspecified atom stereocenters. The predicted molar refractivity (Wildman–Crippen MR) is 92.3 cm³/mol. The van der Waals surface area contributed by atoms with E-state index in [1.165, 1.54) is 11.3 Å². The monoisotopic (exact) mass is 341 g/mol. The normalized spacial score (nSPS) is 15.3. The Morgan fingerprint density at radius 3 is 2.95 bits per heavy atom. The highest BCUT2D eigenvalue weighted by atomic mass is 35.5. The van der Waals surface area contributed by atoms with E-state index in [9.17, 15) is 4.79 Å². The van der Waals surface area contributed by atoms with Gasteiger partial charge in [0, 0.05) is 5.92 Å². The number of hydrogen-bond acceptors (Lipinski definition) is 5. The molecule has 120 valence electrons. The number of hydrogen-bond donors (Lipinski definition) is 2. The third kappa shape index (κ3) is 3.88. The fourth-order valence-electron chi connectivity index (χ4n) is 2.51. The van der Waals surface area contributed by atoms with Gasteiger partial charge in [-0.05, 0) is 51.1 Å². The van der Waals surface area contributed by atoms with Gasteiger partial charge in [0.2, 0.25) is 5.91 Å². The molecule has 5 nitrogen and oxygen atoms in total. The van der Waals surface area contributed by atoms with E-state index in [1.807, 2.05) is 25.1 Å². The first-order valence-corrected chi connectivity index (χ1v) is 8.13. The van der Waals surface area contributed by atoms with Gasteiger partial charge in [0.25, 0.3) is 0 Å². The molecule has 2 aromatic rings. The van der Waals surface area contributed by atoms with Crippen molar-refractivity contribution in [2.45, 2.75) is 19.8 Å². The molecule has 22 heavy (non-hydrogen) atoms. The lowest BCUT2D eigenvalue weighted by Gasteiger charge is -2.20. The van der Waals surface area contributed by atoms with Gasteiger partial charge in [0.1, 0.15) is 5.75 Å². The Bertz CT molecular complexity index is 641. The highest BCUT2D eigenvalue weighted by Gasteiger charge is 2.21. The van der Waals surface area contributed by atoms with Gasteiger partial charge in [-0.1, -0.05) is 11.3 Å². The lowest BCUT2D eigenvalue weighted by Crippen LogP contribution is -2.34. The van der Waals surface area contributed by atoms with Crippen LogP contribution in [0.1, 0.15) is 19.8 Å². The Kier molecular flexibility index (Phi) is 5.99.